The molecular formula is C12H24N4O. The Morgan fingerprint density at radius 1 is 1.41 bits per heavy atom. The van der Waals surface area contributed by atoms with Gasteiger partial charge in [0.1, 0.15) is 0 Å². The molecular weight excluding hydrogens is 216 g/mol. The smallest absolute Gasteiger partial charge is 0.156 e. The molecule has 0 amide bonds. The maximum atomic E-state index is 8.80. The predicted molar refractivity (Wildman–Crippen MR) is 68.3 cm³/mol. The first-order chi connectivity index (χ1) is 8.26. The van der Waals surface area contributed by atoms with Crippen LogP contribution in [0.2, 0.25) is 0 Å². The maximum Gasteiger partial charge on any atom is 0.156 e. The molecule has 98 valence electrons. The van der Waals surface area contributed by atoms with Crippen LogP contribution in [-0.2, 0) is 0 Å². The second kappa shape index (κ2) is 5.69. The monoisotopic (exact) mass is 240 g/mol. The fraction of sp³-hybridized carbons (Fsp3) is 0.917. The Hall–Kier alpha value is -0.810. The Balaban J connectivity index is 1.91. The second-order valence-electron chi connectivity index (χ2n) is 5.13. The molecule has 2 aliphatic rings. The third kappa shape index (κ3) is 2.72. The van der Waals surface area contributed by atoms with Crippen LogP contribution in [0.5, 0.6) is 0 Å². The van der Waals surface area contributed by atoms with Gasteiger partial charge < -0.3 is 10.9 Å². The van der Waals surface area contributed by atoms with Crippen molar-refractivity contribution >= 4 is 5.84 Å². The van der Waals surface area contributed by atoms with E-state index in [0.717, 1.165) is 19.5 Å². The fourth-order valence-electron chi connectivity index (χ4n) is 3.18. The topological polar surface area (TPSA) is 65.1 Å². The predicted octanol–water partition coefficient (Wildman–Crippen LogP) is 0.682. The van der Waals surface area contributed by atoms with E-state index in [-0.39, 0.29) is 6.04 Å². The first-order valence-electron chi connectivity index (χ1n) is 6.71. The number of nitrogens with two attached hydrogens (primary N) is 1. The largest absolute Gasteiger partial charge is 0.409 e. The molecule has 5 heteroatoms. The first-order valence-corrected chi connectivity index (χ1v) is 6.71. The SMILES string of the molecule is CCC(C(N)=NO)N1CCC(N2CCCC2)C1. The third-order valence-electron chi connectivity index (χ3n) is 4.14. The van der Waals surface area contributed by atoms with E-state index in [1.807, 2.05) is 0 Å². The lowest BCUT2D eigenvalue weighted by Crippen LogP contribution is -2.45. The number of oxime groups is 1. The van der Waals surface area contributed by atoms with Crippen LogP contribution in [0.1, 0.15) is 32.6 Å². The third-order valence-corrected chi connectivity index (χ3v) is 4.14. The normalized spacial score (nSPS) is 29.9. The number of likely N-dealkylation sites (tertiary alicyclic amines) is 2. The number of amidine groups is 1. The zero-order valence-corrected chi connectivity index (χ0v) is 10.7. The maximum absolute atomic E-state index is 8.80. The van der Waals surface area contributed by atoms with Crippen LogP contribution in [0.25, 0.3) is 0 Å². The summed E-state index contributed by atoms with van der Waals surface area (Å²) < 4.78 is 0. The minimum atomic E-state index is 0.104. The number of hydrogen-bond acceptors (Lipinski definition) is 4. The van der Waals surface area contributed by atoms with Gasteiger partial charge in [0.2, 0.25) is 0 Å². The molecule has 2 saturated heterocycles. The quantitative estimate of drug-likeness (QED) is 0.328. The van der Waals surface area contributed by atoms with Crippen molar-refractivity contribution in [1.29, 1.82) is 0 Å². The highest BCUT2D eigenvalue weighted by Crippen LogP contribution is 2.22. The van der Waals surface area contributed by atoms with Crippen LogP contribution in [0.3, 0.4) is 0 Å². The van der Waals surface area contributed by atoms with Gasteiger partial charge in [0.05, 0.1) is 6.04 Å². The van der Waals surface area contributed by atoms with Gasteiger partial charge in [0.25, 0.3) is 0 Å². The second-order valence-corrected chi connectivity index (χ2v) is 5.13. The fourth-order valence-corrected chi connectivity index (χ4v) is 3.18. The molecule has 0 saturated carbocycles. The van der Waals surface area contributed by atoms with E-state index in [1.165, 1.54) is 32.4 Å². The van der Waals surface area contributed by atoms with E-state index in [4.69, 9.17) is 10.9 Å². The summed E-state index contributed by atoms with van der Waals surface area (Å²) in [6, 6.07) is 0.783. The molecule has 2 unspecified atom stereocenters. The Morgan fingerprint density at radius 2 is 2.12 bits per heavy atom. The van der Waals surface area contributed by atoms with Crippen LogP contribution in [0.4, 0.5) is 0 Å². The summed E-state index contributed by atoms with van der Waals surface area (Å²) in [6.07, 6.45) is 4.81. The van der Waals surface area contributed by atoms with E-state index in [0.29, 0.717) is 11.9 Å². The van der Waals surface area contributed by atoms with Gasteiger partial charge >= 0.3 is 0 Å². The Labute approximate surface area is 103 Å². The van der Waals surface area contributed by atoms with Crippen LogP contribution < -0.4 is 5.73 Å². The molecule has 2 atom stereocenters. The van der Waals surface area contributed by atoms with Gasteiger partial charge in [0, 0.05) is 19.1 Å². The van der Waals surface area contributed by atoms with Crippen LogP contribution in [-0.4, -0.2) is 59.1 Å². The molecule has 0 radical (unpaired) electrons. The zero-order valence-electron chi connectivity index (χ0n) is 10.7. The Bertz CT molecular complexity index is 276. The molecule has 2 heterocycles. The molecule has 2 fully saturated rings. The molecule has 0 aromatic heterocycles. The van der Waals surface area contributed by atoms with Crippen LogP contribution in [0.15, 0.2) is 5.16 Å². The van der Waals surface area contributed by atoms with Crippen LogP contribution in [0, 0.1) is 0 Å². The lowest BCUT2D eigenvalue weighted by molar-refractivity contribution is 0.217. The molecule has 2 rings (SSSR count). The van der Waals surface area contributed by atoms with E-state index < -0.39 is 0 Å². The van der Waals surface area contributed by atoms with Crippen molar-refractivity contribution in [3.05, 3.63) is 0 Å². The van der Waals surface area contributed by atoms with Crippen molar-refractivity contribution in [3.63, 3.8) is 0 Å². The lowest BCUT2D eigenvalue weighted by Gasteiger charge is -2.27. The highest BCUT2D eigenvalue weighted by atomic mass is 16.4. The first kappa shape index (κ1) is 12.6. The Kier molecular flexibility index (Phi) is 4.23. The minimum absolute atomic E-state index is 0.104. The number of nitrogens with zero attached hydrogens (tertiary/aromatic N) is 3. The Morgan fingerprint density at radius 3 is 2.71 bits per heavy atom. The zero-order chi connectivity index (χ0) is 12.3. The minimum Gasteiger partial charge on any atom is -0.409 e. The molecule has 0 aromatic rings. The summed E-state index contributed by atoms with van der Waals surface area (Å²) in [4.78, 5) is 4.96. The lowest BCUT2D eigenvalue weighted by atomic mass is 10.2. The summed E-state index contributed by atoms with van der Waals surface area (Å²) >= 11 is 0. The summed E-state index contributed by atoms with van der Waals surface area (Å²) in [5.74, 6) is 0.356. The average Bonchev–Trinajstić information content (AvgIpc) is 2.99. The summed E-state index contributed by atoms with van der Waals surface area (Å²) in [5.41, 5.74) is 5.75. The molecule has 5 nitrogen and oxygen atoms in total. The van der Waals surface area contributed by atoms with Crippen molar-refractivity contribution in [3.8, 4) is 0 Å². The number of hydrogen-bond donors (Lipinski definition) is 2. The van der Waals surface area contributed by atoms with Gasteiger partial charge in [-0.25, -0.2) is 0 Å². The molecule has 0 aromatic carbocycles. The summed E-state index contributed by atoms with van der Waals surface area (Å²) in [5, 5.41) is 12.0. The van der Waals surface area contributed by atoms with Crippen LogP contribution >= 0.6 is 0 Å². The molecule has 3 N–H and O–H groups in total. The molecule has 17 heavy (non-hydrogen) atoms. The van der Waals surface area contributed by atoms with E-state index in [9.17, 15) is 0 Å². The molecule has 0 spiro atoms. The van der Waals surface area contributed by atoms with Gasteiger partial charge in [-0.1, -0.05) is 12.1 Å². The van der Waals surface area contributed by atoms with Gasteiger partial charge in [0.15, 0.2) is 5.84 Å². The standard InChI is InChI=1S/C12H24N4O/c1-2-11(12(13)14-17)16-8-5-10(9-16)15-6-3-4-7-15/h10-11,17H,2-9H2,1H3,(H2,13,14). The molecule has 2 aliphatic heterocycles. The molecule has 0 bridgehead atoms. The van der Waals surface area contributed by atoms with Crippen molar-refractivity contribution in [2.75, 3.05) is 26.2 Å². The van der Waals surface area contributed by atoms with Crippen molar-refractivity contribution in [2.45, 2.75) is 44.7 Å². The van der Waals surface area contributed by atoms with E-state index >= 15 is 0 Å². The summed E-state index contributed by atoms with van der Waals surface area (Å²) in [7, 11) is 0. The van der Waals surface area contributed by atoms with Crippen molar-refractivity contribution < 1.29 is 5.21 Å². The van der Waals surface area contributed by atoms with Gasteiger partial charge in [-0.2, -0.15) is 0 Å². The highest BCUT2D eigenvalue weighted by Gasteiger charge is 2.33. The average molecular weight is 240 g/mol. The van der Waals surface area contributed by atoms with Crippen molar-refractivity contribution in [2.24, 2.45) is 10.9 Å². The summed E-state index contributed by atoms with van der Waals surface area (Å²) in [6.45, 7) is 6.72. The van der Waals surface area contributed by atoms with Gasteiger partial charge in [-0.15, -0.1) is 0 Å². The van der Waals surface area contributed by atoms with Gasteiger partial charge in [-0.3, -0.25) is 9.80 Å². The van der Waals surface area contributed by atoms with Crippen molar-refractivity contribution in [1.82, 2.24) is 9.80 Å². The van der Waals surface area contributed by atoms with Gasteiger partial charge in [-0.05, 0) is 38.8 Å². The molecule has 0 aliphatic carbocycles. The van der Waals surface area contributed by atoms with E-state index in [1.54, 1.807) is 0 Å². The van der Waals surface area contributed by atoms with E-state index in [2.05, 4.69) is 21.9 Å². The highest BCUT2D eigenvalue weighted by molar-refractivity contribution is 5.85. The number of rotatable bonds is 4.